The number of nitrogens with zero attached hydrogens (tertiary/aromatic N) is 1. The second kappa shape index (κ2) is 10.5. The number of hydrogen-bond donors (Lipinski definition) is 2. The van der Waals surface area contributed by atoms with Crippen LogP contribution in [0.15, 0.2) is 48.5 Å². The molecule has 36 heavy (non-hydrogen) atoms. The molecule has 4 rings (SSSR count). The number of carbonyl (C=O) groups excluding carboxylic acids is 2. The zero-order chi connectivity index (χ0) is 25.8. The Morgan fingerprint density at radius 1 is 0.861 bits per heavy atom. The van der Waals surface area contributed by atoms with Crippen LogP contribution in [-0.2, 0) is 4.79 Å². The first kappa shape index (κ1) is 24.7. The molecule has 0 aromatic heterocycles. The normalized spacial score (nSPS) is 12.6. The zero-order valence-corrected chi connectivity index (χ0v) is 20.6. The average molecular weight is 493 g/mol. The van der Waals surface area contributed by atoms with E-state index in [4.69, 9.17) is 18.9 Å². The summed E-state index contributed by atoms with van der Waals surface area (Å²) in [4.78, 5) is 26.6. The van der Waals surface area contributed by atoms with Crippen molar-refractivity contribution in [3.63, 3.8) is 0 Å². The van der Waals surface area contributed by atoms with Crippen LogP contribution >= 0.6 is 0 Å². The highest BCUT2D eigenvalue weighted by molar-refractivity contribution is 6.02. The zero-order valence-electron chi connectivity index (χ0n) is 20.6. The molecule has 1 aliphatic heterocycles. The van der Waals surface area contributed by atoms with Gasteiger partial charge in [0.15, 0.2) is 23.0 Å². The van der Waals surface area contributed by atoms with Gasteiger partial charge in [0.1, 0.15) is 0 Å². The fourth-order valence-electron chi connectivity index (χ4n) is 4.06. The van der Waals surface area contributed by atoms with Gasteiger partial charge in [0, 0.05) is 18.5 Å². The molecule has 1 fully saturated rings. The molecular weight excluding hydrogens is 464 g/mol. The number of benzene rings is 3. The number of phenols is 1. The van der Waals surface area contributed by atoms with Crippen LogP contribution < -0.4 is 24.3 Å². The number of aromatic hydroxyl groups is 1. The molecule has 0 aliphatic carbocycles. The first-order chi connectivity index (χ1) is 17.4. The highest BCUT2D eigenvalue weighted by Crippen LogP contribution is 2.42. The van der Waals surface area contributed by atoms with Gasteiger partial charge in [0.2, 0.25) is 11.7 Å². The SMILES string of the molecule is COc1ccc(-c2ccc(-c3cc(OC)c(OC)c(OC)c3)cc2C(=O)NCN2CCC2=O)cc1O. The van der Waals surface area contributed by atoms with E-state index in [1.807, 2.05) is 12.1 Å². The molecule has 2 amide bonds. The summed E-state index contributed by atoms with van der Waals surface area (Å²) in [6, 6.07) is 14.0. The minimum Gasteiger partial charge on any atom is -0.504 e. The van der Waals surface area contributed by atoms with E-state index in [9.17, 15) is 14.7 Å². The lowest BCUT2D eigenvalue weighted by atomic mass is 9.94. The summed E-state index contributed by atoms with van der Waals surface area (Å²) in [6.07, 6.45) is 0.489. The van der Waals surface area contributed by atoms with Gasteiger partial charge < -0.3 is 34.3 Å². The van der Waals surface area contributed by atoms with Crippen LogP contribution in [0.3, 0.4) is 0 Å². The number of amides is 2. The Labute approximate surface area is 209 Å². The van der Waals surface area contributed by atoms with Gasteiger partial charge in [-0.15, -0.1) is 0 Å². The number of nitrogens with one attached hydrogen (secondary N) is 1. The summed E-state index contributed by atoms with van der Waals surface area (Å²) in [6.45, 7) is 0.739. The van der Waals surface area contributed by atoms with Crippen LogP contribution in [0.4, 0.5) is 0 Å². The molecule has 3 aromatic carbocycles. The Hall–Kier alpha value is -4.40. The summed E-state index contributed by atoms with van der Waals surface area (Å²) in [7, 11) is 6.08. The third-order valence-corrected chi connectivity index (χ3v) is 6.13. The molecule has 0 radical (unpaired) electrons. The fraction of sp³-hybridized carbons (Fsp3) is 0.259. The highest BCUT2D eigenvalue weighted by Gasteiger charge is 2.25. The number of methoxy groups -OCH3 is 4. The molecule has 0 unspecified atom stereocenters. The van der Waals surface area contributed by atoms with Crippen molar-refractivity contribution in [1.82, 2.24) is 10.2 Å². The molecule has 2 N–H and O–H groups in total. The molecule has 1 aliphatic rings. The molecule has 1 heterocycles. The molecule has 1 saturated heterocycles. The minimum absolute atomic E-state index is 0.00164. The molecular formula is C27H28N2O7. The van der Waals surface area contributed by atoms with Gasteiger partial charge >= 0.3 is 0 Å². The van der Waals surface area contributed by atoms with Crippen LogP contribution in [0.2, 0.25) is 0 Å². The van der Waals surface area contributed by atoms with E-state index in [0.717, 1.165) is 11.1 Å². The van der Waals surface area contributed by atoms with Crippen molar-refractivity contribution in [2.75, 3.05) is 41.7 Å². The molecule has 9 heteroatoms. The first-order valence-electron chi connectivity index (χ1n) is 11.3. The Morgan fingerprint density at radius 3 is 2.06 bits per heavy atom. The van der Waals surface area contributed by atoms with Gasteiger partial charge in [-0.25, -0.2) is 0 Å². The predicted octanol–water partition coefficient (Wildman–Crippen LogP) is 3.68. The first-order valence-corrected chi connectivity index (χ1v) is 11.3. The lowest BCUT2D eigenvalue weighted by Crippen LogP contribution is -2.49. The Morgan fingerprint density at radius 2 is 1.53 bits per heavy atom. The predicted molar refractivity (Wildman–Crippen MR) is 134 cm³/mol. The third kappa shape index (κ3) is 4.72. The quantitative estimate of drug-likeness (QED) is 0.439. The topological polar surface area (TPSA) is 107 Å². The van der Waals surface area contributed by atoms with E-state index >= 15 is 0 Å². The monoisotopic (exact) mass is 492 g/mol. The highest BCUT2D eigenvalue weighted by atomic mass is 16.5. The average Bonchev–Trinajstić information content (AvgIpc) is 2.90. The summed E-state index contributed by atoms with van der Waals surface area (Å²) in [5, 5.41) is 13.1. The van der Waals surface area contributed by atoms with E-state index in [1.54, 1.807) is 41.3 Å². The summed E-state index contributed by atoms with van der Waals surface area (Å²) < 4.78 is 21.5. The number of carbonyl (C=O) groups is 2. The Kier molecular flexibility index (Phi) is 7.19. The number of hydrogen-bond acceptors (Lipinski definition) is 7. The van der Waals surface area contributed by atoms with Gasteiger partial charge in [-0.3, -0.25) is 9.59 Å². The third-order valence-electron chi connectivity index (χ3n) is 6.13. The van der Waals surface area contributed by atoms with Crippen molar-refractivity contribution in [3.8, 4) is 51.0 Å². The molecule has 9 nitrogen and oxygen atoms in total. The largest absolute Gasteiger partial charge is 0.504 e. The lowest BCUT2D eigenvalue weighted by molar-refractivity contribution is -0.139. The lowest BCUT2D eigenvalue weighted by Gasteiger charge is -2.30. The standard InChI is InChI=1S/C27H28N2O7/c1-33-22-8-6-17(12-21(22)30)19-7-5-16(11-20(19)27(32)28-15-29-10-9-25(29)31)18-13-23(34-2)26(36-4)24(14-18)35-3/h5-8,11-14,30H,9-10,15H2,1-4H3,(H,28,32). The number of ether oxygens (including phenoxy) is 4. The van der Waals surface area contributed by atoms with Gasteiger partial charge in [-0.05, 0) is 52.6 Å². The van der Waals surface area contributed by atoms with Crippen molar-refractivity contribution >= 4 is 11.8 Å². The van der Waals surface area contributed by atoms with Gasteiger partial charge in [0.05, 0.1) is 35.1 Å². The molecule has 0 atom stereocenters. The van der Waals surface area contributed by atoms with E-state index in [0.29, 0.717) is 52.7 Å². The summed E-state index contributed by atoms with van der Waals surface area (Å²) in [5.74, 6) is 1.37. The van der Waals surface area contributed by atoms with E-state index in [1.165, 1.54) is 28.4 Å². The second-order valence-corrected chi connectivity index (χ2v) is 8.13. The summed E-state index contributed by atoms with van der Waals surface area (Å²) in [5.41, 5.74) is 3.10. The van der Waals surface area contributed by atoms with E-state index in [2.05, 4.69) is 5.32 Å². The van der Waals surface area contributed by atoms with Gasteiger partial charge in [0.25, 0.3) is 5.91 Å². The number of rotatable bonds is 9. The van der Waals surface area contributed by atoms with Crippen LogP contribution in [0.1, 0.15) is 16.8 Å². The number of β-lactam (4-membered cyclic amide) rings is 1. The van der Waals surface area contributed by atoms with Crippen molar-refractivity contribution in [3.05, 3.63) is 54.1 Å². The van der Waals surface area contributed by atoms with Crippen LogP contribution in [0.5, 0.6) is 28.7 Å². The summed E-state index contributed by atoms with van der Waals surface area (Å²) >= 11 is 0. The van der Waals surface area contributed by atoms with Crippen LogP contribution in [0.25, 0.3) is 22.3 Å². The van der Waals surface area contributed by atoms with Crippen molar-refractivity contribution in [2.24, 2.45) is 0 Å². The fourth-order valence-corrected chi connectivity index (χ4v) is 4.06. The van der Waals surface area contributed by atoms with E-state index in [-0.39, 0.29) is 24.2 Å². The molecule has 0 saturated carbocycles. The number of likely N-dealkylation sites (tertiary alicyclic amines) is 1. The molecule has 188 valence electrons. The van der Waals surface area contributed by atoms with Crippen LogP contribution in [0, 0.1) is 0 Å². The smallest absolute Gasteiger partial charge is 0.253 e. The van der Waals surface area contributed by atoms with Crippen molar-refractivity contribution in [1.29, 1.82) is 0 Å². The molecule has 3 aromatic rings. The maximum atomic E-state index is 13.3. The maximum Gasteiger partial charge on any atom is 0.253 e. The van der Waals surface area contributed by atoms with Gasteiger partial charge in [-0.1, -0.05) is 18.2 Å². The van der Waals surface area contributed by atoms with Crippen molar-refractivity contribution < 1.29 is 33.6 Å². The van der Waals surface area contributed by atoms with Crippen LogP contribution in [-0.4, -0.2) is 63.5 Å². The van der Waals surface area contributed by atoms with Crippen molar-refractivity contribution in [2.45, 2.75) is 6.42 Å². The Bertz CT molecular complexity index is 1280. The maximum absolute atomic E-state index is 13.3. The molecule has 0 spiro atoms. The Balaban J connectivity index is 1.79. The van der Waals surface area contributed by atoms with Gasteiger partial charge in [-0.2, -0.15) is 0 Å². The molecule has 0 bridgehead atoms. The number of phenolic OH excluding ortho intramolecular Hbond substituents is 1. The minimum atomic E-state index is -0.353. The second-order valence-electron chi connectivity index (χ2n) is 8.13. The van der Waals surface area contributed by atoms with E-state index < -0.39 is 0 Å².